The monoisotopic (exact) mass is 130 g/mol. The highest BCUT2D eigenvalue weighted by Crippen LogP contribution is 2.02. The average molecular weight is 130 g/mol. The van der Waals surface area contributed by atoms with Crippen molar-refractivity contribution in [2.24, 2.45) is 5.92 Å². The van der Waals surface area contributed by atoms with E-state index in [1.54, 1.807) is 0 Å². The van der Waals surface area contributed by atoms with Gasteiger partial charge in [0.25, 0.3) is 0 Å². The van der Waals surface area contributed by atoms with Crippen LogP contribution in [-0.4, -0.2) is 22.3 Å². The summed E-state index contributed by atoms with van der Waals surface area (Å²) in [6.45, 7) is 4.68. The molecule has 0 amide bonds. The van der Waals surface area contributed by atoms with Gasteiger partial charge in [0, 0.05) is 0 Å². The van der Waals surface area contributed by atoms with E-state index in [0.717, 1.165) is 0 Å². The molecule has 0 saturated carbocycles. The van der Waals surface area contributed by atoms with Crippen molar-refractivity contribution in [3.8, 4) is 0 Å². The Bertz CT molecular complexity index is 119. The van der Waals surface area contributed by atoms with Crippen molar-refractivity contribution >= 4 is 5.97 Å². The third-order valence-electron chi connectivity index (χ3n) is 1.14. The van der Waals surface area contributed by atoms with Gasteiger partial charge in [0.2, 0.25) is 0 Å². The minimum absolute atomic E-state index is 0.762. The van der Waals surface area contributed by atoms with Crippen LogP contribution >= 0.6 is 0 Å². The van der Waals surface area contributed by atoms with Gasteiger partial charge >= 0.3 is 5.97 Å². The molecular weight excluding hydrogens is 120 g/mol. The molecule has 3 heteroatoms. The smallest absolute Gasteiger partial charge is 0.309 e. The second-order valence-electron chi connectivity index (χ2n) is 1.85. The molecule has 0 spiro atoms. The number of rotatable bonds is 3. The molecule has 0 heterocycles. The molecule has 0 bridgehead atoms. The number of aliphatic hydroxyl groups excluding tert-OH is 1. The normalized spacial score (nSPS) is 16.2. The van der Waals surface area contributed by atoms with E-state index in [1.165, 1.54) is 13.0 Å². The molecule has 9 heavy (non-hydrogen) atoms. The Balaban J connectivity index is 3.86. The first-order chi connectivity index (χ1) is 4.09. The molecule has 0 aromatic rings. The van der Waals surface area contributed by atoms with E-state index < -0.39 is 18.0 Å². The van der Waals surface area contributed by atoms with Crippen molar-refractivity contribution in [3.05, 3.63) is 12.7 Å². The van der Waals surface area contributed by atoms with Gasteiger partial charge in [-0.15, -0.1) is 6.58 Å². The zero-order chi connectivity index (χ0) is 7.44. The van der Waals surface area contributed by atoms with E-state index in [9.17, 15) is 4.79 Å². The zero-order valence-electron chi connectivity index (χ0n) is 5.24. The van der Waals surface area contributed by atoms with E-state index >= 15 is 0 Å². The second kappa shape index (κ2) is 3.25. The summed E-state index contributed by atoms with van der Waals surface area (Å²) in [5.41, 5.74) is 0. The van der Waals surface area contributed by atoms with Crippen LogP contribution in [-0.2, 0) is 4.79 Å². The Kier molecular flexibility index (Phi) is 2.95. The van der Waals surface area contributed by atoms with Crippen LogP contribution in [0.25, 0.3) is 0 Å². The lowest BCUT2D eigenvalue weighted by atomic mass is 10.1. The molecule has 0 radical (unpaired) electrons. The number of hydrogen-bond donors (Lipinski definition) is 2. The van der Waals surface area contributed by atoms with Crippen molar-refractivity contribution in [1.82, 2.24) is 0 Å². The Hall–Kier alpha value is -0.830. The Morgan fingerprint density at radius 1 is 1.78 bits per heavy atom. The first-order valence-corrected chi connectivity index (χ1v) is 2.63. The summed E-state index contributed by atoms with van der Waals surface area (Å²) >= 11 is 0. The molecular formula is C6H10O3. The number of carboxylic acids is 1. The Morgan fingerprint density at radius 3 is 2.33 bits per heavy atom. The maximum atomic E-state index is 10.1. The van der Waals surface area contributed by atoms with Gasteiger partial charge in [0.1, 0.15) is 0 Å². The van der Waals surface area contributed by atoms with Gasteiger partial charge in [-0.25, -0.2) is 0 Å². The van der Waals surface area contributed by atoms with Gasteiger partial charge in [-0.05, 0) is 6.92 Å². The molecule has 0 unspecified atom stereocenters. The number of carboxylic acid groups (broad SMARTS) is 1. The number of aliphatic hydroxyl groups is 1. The molecule has 0 aliphatic rings. The van der Waals surface area contributed by atoms with Gasteiger partial charge < -0.3 is 10.2 Å². The molecule has 3 nitrogen and oxygen atoms in total. The number of aliphatic carboxylic acids is 1. The van der Waals surface area contributed by atoms with E-state index in [2.05, 4.69) is 6.58 Å². The molecule has 0 rings (SSSR count). The van der Waals surface area contributed by atoms with E-state index in [-0.39, 0.29) is 0 Å². The van der Waals surface area contributed by atoms with Gasteiger partial charge in [-0.3, -0.25) is 4.79 Å². The lowest BCUT2D eigenvalue weighted by Gasteiger charge is -2.08. The molecule has 0 saturated heterocycles. The van der Waals surface area contributed by atoms with Crippen LogP contribution in [0.5, 0.6) is 0 Å². The van der Waals surface area contributed by atoms with Gasteiger partial charge in [0.15, 0.2) is 0 Å². The first kappa shape index (κ1) is 8.17. The molecule has 0 aromatic carbocycles. The van der Waals surface area contributed by atoms with E-state index in [1.807, 2.05) is 0 Å². The van der Waals surface area contributed by atoms with Crippen LogP contribution < -0.4 is 0 Å². The summed E-state index contributed by atoms with van der Waals surface area (Å²) in [6.07, 6.45) is 0.265. The van der Waals surface area contributed by atoms with Crippen molar-refractivity contribution in [2.75, 3.05) is 0 Å². The number of hydrogen-bond acceptors (Lipinski definition) is 2. The average Bonchev–Trinajstić information content (AvgIpc) is 1.84. The van der Waals surface area contributed by atoms with E-state index in [0.29, 0.717) is 0 Å². The summed E-state index contributed by atoms with van der Waals surface area (Å²) < 4.78 is 0. The van der Waals surface area contributed by atoms with Crippen LogP contribution in [0.2, 0.25) is 0 Å². The highest BCUT2D eigenvalue weighted by atomic mass is 16.4. The highest BCUT2D eigenvalue weighted by molar-refractivity contribution is 5.70. The lowest BCUT2D eigenvalue weighted by Crippen LogP contribution is -2.22. The topological polar surface area (TPSA) is 57.5 Å². The number of carbonyl (C=O) groups is 1. The maximum absolute atomic E-state index is 10.1. The van der Waals surface area contributed by atoms with Gasteiger partial charge in [0.05, 0.1) is 12.0 Å². The zero-order valence-corrected chi connectivity index (χ0v) is 5.24. The third-order valence-corrected chi connectivity index (χ3v) is 1.14. The summed E-state index contributed by atoms with van der Waals surface area (Å²) in [6, 6.07) is 0. The minimum Gasteiger partial charge on any atom is -0.481 e. The summed E-state index contributed by atoms with van der Waals surface area (Å²) in [4.78, 5) is 10.1. The molecule has 2 N–H and O–H groups in total. The maximum Gasteiger partial charge on any atom is 0.309 e. The van der Waals surface area contributed by atoms with Gasteiger partial charge in [-0.2, -0.15) is 0 Å². The predicted octanol–water partition coefficient (Wildman–Crippen LogP) is 0.254. The van der Waals surface area contributed by atoms with Crippen molar-refractivity contribution in [1.29, 1.82) is 0 Å². The van der Waals surface area contributed by atoms with Crippen LogP contribution in [0.4, 0.5) is 0 Å². The fourth-order valence-electron chi connectivity index (χ4n) is 0.350. The van der Waals surface area contributed by atoms with Crippen molar-refractivity contribution in [2.45, 2.75) is 13.0 Å². The molecule has 0 aliphatic carbocycles. The molecule has 0 fully saturated rings. The fraction of sp³-hybridized carbons (Fsp3) is 0.500. The fourth-order valence-corrected chi connectivity index (χ4v) is 0.350. The molecule has 52 valence electrons. The lowest BCUT2D eigenvalue weighted by molar-refractivity contribution is -0.143. The first-order valence-electron chi connectivity index (χ1n) is 2.63. The van der Waals surface area contributed by atoms with Gasteiger partial charge in [-0.1, -0.05) is 6.08 Å². The van der Waals surface area contributed by atoms with Crippen molar-refractivity contribution in [3.63, 3.8) is 0 Å². The molecule has 0 aromatic heterocycles. The standard InChI is InChI=1S/C6H10O3/c1-3-5(7)4(2)6(8)9/h3-5,7H,1H2,2H3,(H,8,9)/t4-,5+/m0/s1. The van der Waals surface area contributed by atoms with Crippen LogP contribution in [0, 0.1) is 5.92 Å². The minimum atomic E-state index is -1.01. The van der Waals surface area contributed by atoms with E-state index in [4.69, 9.17) is 10.2 Å². The quantitative estimate of drug-likeness (QED) is 0.538. The van der Waals surface area contributed by atoms with Crippen LogP contribution in [0.1, 0.15) is 6.92 Å². The summed E-state index contributed by atoms with van der Waals surface area (Å²) in [5.74, 6) is -1.77. The largest absolute Gasteiger partial charge is 0.481 e. The van der Waals surface area contributed by atoms with Crippen molar-refractivity contribution < 1.29 is 15.0 Å². The SMILES string of the molecule is C=C[C@@H](O)[C@H](C)C(=O)O. The third kappa shape index (κ3) is 2.28. The highest BCUT2D eigenvalue weighted by Gasteiger charge is 2.17. The Labute approximate surface area is 53.6 Å². The summed E-state index contributed by atoms with van der Waals surface area (Å²) in [7, 11) is 0. The molecule has 2 atom stereocenters. The second-order valence-corrected chi connectivity index (χ2v) is 1.85. The van der Waals surface area contributed by atoms with Crippen LogP contribution in [0.3, 0.4) is 0 Å². The summed E-state index contributed by atoms with van der Waals surface area (Å²) in [5, 5.41) is 17.1. The Morgan fingerprint density at radius 2 is 2.22 bits per heavy atom. The van der Waals surface area contributed by atoms with Crippen LogP contribution in [0.15, 0.2) is 12.7 Å². The molecule has 0 aliphatic heterocycles. The predicted molar refractivity (Wildman–Crippen MR) is 33.0 cm³/mol.